The summed E-state index contributed by atoms with van der Waals surface area (Å²) in [6.07, 6.45) is 12.1. The second-order valence-electron chi connectivity index (χ2n) is 6.08. The van der Waals surface area contributed by atoms with Crippen molar-refractivity contribution in [2.24, 2.45) is 0 Å². The molecule has 20 heavy (non-hydrogen) atoms. The number of unbranched alkanes of at least 4 members (excludes halogenated alkanes) is 4. The van der Waals surface area contributed by atoms with Gasteiger partial charge < -0.3 is 0 Å². The molecule has 0 atom stereocenters. The summed E-state index contributed by atoms with van der Waals surface area (Å²) in [7, 11) is 0. The maximum atomic E-state index is 2.49. The Balaban J connectivity index is 0.00000147. The van der Waals surface area contributed by atoms with Gasteiger partial charge in [-0.15, -0.1) is 34.5 Å². The van der Waals surface area contributed by atoms with Crippen LogP contribution in [0.4, 0.5) is 0 Å². The first kappa shape index (κ1) is 16.1. The molecule has 1 heteroatoms. The third kappa shape index (κ3) is 3.47. The van der Waals surface area contributed by atoms with Gasteiger partial charge in [-0.2, -0.15) is 6.07 Å². The summed E-state index contributed by atoms with van der Waals surface area (Å²) in [5.41, 5.74) is 4.81. The predicted octanol–water partition coefficient (Wildman–Crippen LogP) is 5.56. The van der Waals surface area contributed by atoms with E-state index in [0.29, 0.717) is 0 Å². The number of hydrogen-bond acceptors (Lipinski definition) is 0. The van der Waals surface area contributed by atoms with E-state index in [1.165, 1.54) is 68.6 Å². The Kier molecular flexibility index (Phi) is 6.14. The molecule has 0 N–H and O–H groups in total. The average Bonchev–Trinajstić information content (AvgIpc) is 3.02. The largest absolute Gasteiger partial charge is 0.168 e. The molecule has 0 amide bonds. The molecule has 0 bridgehead atoms. The third-order valence-corrected chi connectivity index (χ3v) is 4.62. The molecule has 0 aliphatic heterocycles. The first-order valence-corrected chi connectivity index (χ1v) is 8.08. The molecule has 106 valence electrons. The monoisotopic (exact) mass is 433 g/mol. The van der Waals surface area contributed by atoms with Crippen LogP contribution in [0.25, 0.3) is 10.8 Å². The smallest absolute Gasteiger partial charge is 0 e. The summed E-state index contributed by atoms with van der Waals surface area (Å²) in [4.78, 5) is 0. The zero-order valence-electron chi connectivity index (χ0n) is 12.7. The van der Waals surface area contributed by atoms with E-state index in [2.05, 4.69) is 31.2 Å². The van der Waals surface area contributed by atoms with E-state index in [0.717, 1.165) is 0 Å². The van der Waals surface area contributed by atoms with Gasteiger partial charge >= 0.3 is 0 Å². The maximum absolute atomic E-state index is 2.49. The zero-order valence-corrected chi connectivity index (χ0v) is 16.3. The Hall–Kier alpha value is -0.300. The van der Waals surface area contributed by atoms with Crippen molar-refractivity contribution < 1.29 is 25.8 Å². The van der Waals surface area contributed by atoms with Crippen molar-refractivity contribution in [2.45, 2.75) is 64.7 Å². The normalized spacial score (nSPS) is 13.4. The zero-order chi connectivity index (χ0) is 13.1. The van der Waals surface area contributed by atoms with Crippen LogP contribution in [0, 0.1) is 0 Å². The fourth-order valence-corrected chi connectivity index (χ4v) is 3.48. The minimum absolute atomic E-state index is 0. The van der Waals surface area contributed by atoms with Crippen LogP contribution in [0.2, 0.25) is 0 Å². The Labute approximate surface area is 142 Å². The van der Waals surface area contributed by atoms with E-state index >= 15 is 0 Å². The van der Waals surface area contributed by atoms with E-state index in [1.54, 1.807) is 16.7 Å². The molecule has 0 unspecified atom stereocenters. The third-order valence-electron chi connectivity index (χ3n) is 4.62. The van der Waals surface area contributed by atoms with Crippen LogP contribution >= 0.6 is 0 Å². The van der Waals surface area contributed by atoms with Crippen LogP contribution in [-0.4, -0.2) is 0 Å². The van der Waals surface area contributed by atoms with Gasteiger partial charge in [0, 0.05) is 25.8 Å². The van der Waals surface area contributed by atoms with E-state index < -0.39 is 0 Å². The molecule has 0 radical (unpaired) electrons. The van der Waals surface area contributed by atoms with Gasteiger partial charge in [0.2, 0.25) is 0 Å². The van der Waals surface area contributed by atoms with Crippen molar-refractivity contribution in [3.05, 3.63) is 41.0 Å². The van der Waals surface area contributed by atoms with E-state index in [9.17, 15) is 0 Å². The van der Waals surface area contributed by atoms with Crippen LogP contribution in [0.3, 0.4) is 0 Å². The van der Waals surface area contributed by atoms with E-state index in [-0.39, 0.29) is 25.8 Å². The molecule has 3 rings (SSSR count). The Morgan fingerprint density at radius 2 is 1.75 bits per heavy atom. The SMILES string of the molecule is CCCCCCC[c-]1ccc2cc3c(cc21)CCC3.[Hf]. The first-order chi connectivity index (χ1) is 9.38. The second kappa shape index (κ2) is 7.64. The Bertz CT molecular complexity index is 550. The van der Waals surface area contributed by atoms with Crippen molar-refractivity contribution in [1.29, 1.82) is 0 Å². The molecule has 0 saturated heterocycles. The van der Waals surface area contributed by atoms with Crippen LogP contribution in [0.5, 0.6) is 0 Å². The standard InChI is InChI=1S/C19H25.Hf/c1-2-3-4-5-6-8-15-11-12-18-13-16-9-7-10-17(16)14-19(15)18;/h11-14H,2-10H2,1H3;/q-1;. The van der Waals surface area contributed by atoms with Gasteiger partial charge in [0.15, 0.2) is 0 Å². The molecule has 0 aromatic heterocycles. The first-order valence-electron chi connectivity index (χ1n) is 8.08. The van der Waals surface area contributed by atoms with E-state index in [1.807, 2.05) is 0 Å². The van der Waals surface area contributed by atoms with Crippen molar-refractivity contribution in [1.82, 2.24) is 0 Å². The molecule has 2 aromatic carbocycles. The number of benzene rings is 1. The minimum atomic E-state index is 0. The van der Waals surface area contributed by atoms with Gasteiger partial charge in [-0.05, 0) is 19.3 Å². The average molecular weight is 432 g/mol. The summed E-state index contributed by atoms with van der Waals surface area (Å²) < 4.78 is 0. The number of rotatable bonds is 6. The Morgan fingerprint density at radius 3 is 2.55 bits per heavy atom. The van der Waals surface area contributed by atoms with Gasteiger partial charge in [-0.3, -0.25) is 0 Å². The molecular weight excluding hydrogens is 407 g/mol. The maximum Gasteiger partial charge on any atom is 0 e. The van der Waals surface area contributed by atoms with Gasteiger partial charge in [0.1, 0.15) is 0 Å². The predicted molar refractivity (Wildman–Crippen MR) is 84.0 cm³/mol. The molecule has 0 fully saturated rings. The molecule has 1 aliphatic carbocycles. The number of aryl methyl sites for hydroxylation is 3. The molecule has 2 aromatic rings. The van der Waals surface area contributed by atoms with Crippen molar-refractivity contribution >= 4 is 10.8 Å². The molecule has 0 heterocycles. The Morgan fingerprint density at radius 1 is 1.00 bits per heavy atom. The summed E-state index contributed by atoms with van der Waals surface area (Å²) in [6.45, 7) is 2.28. The van der Waals surface area contributed by atoms with Gasteiger partial charge in [0.05, 0.1) is 0 Å². The fourth-order valence-electron chi connectivity index (χ4n) is 3.48. The molecular formula is C19H25Hf-. The number of fused-ring (bicyclic) bond motifs is 2. The van der Waals surface area contributed by atoms with Crippen LogP contribution in [0.15, 0.2) is 24.3 Å². The fraction of sp³-hybridized carbons (Fsp3) is 0.526. The van der Waals surface area contributed by atoms with Crippen molar-refractivity contribution in [3.63, 3.8) is 0 Å². The van der Waals surface area contributed by atoms with Crippen LogP contribution < -0.4 is 0 Å². The molecule has 0 saturated carbocycles. The topological polar surface area (TPSA) is 0 Å². The summed E-state index contributed by atoms with van der Waals surface area (Å²) in [6, 6.07) is 9.62. The van der Waals surface area contributed by atoms with Crippen LogP contribution in [-0.2, 0) is 45.1 Å². The molecule has 0 nitrogen and oxygen atoms in total. The number of hydrogen-bond donors (Lipinski definition) is 0. The quantitative estimate of drug-likeness (QED) is 0.319. The van der Waals surface area contributed by atoms with Crippen molar-refractivity contribution in [2.75, 3.05) is 0 Å². The molecule has 1 aliphatic rings. The minimum Gasteiger partial charge on any atom is -0.168 e. The van der Waals surface area contributed by atoms with E-state index in [4.69, 9.17) is 0 Å². The van der Waals surface area contributed by atoms with Gasteiger partial charge in [-0.25, -0.2) is 0 Å². The van der Waals surface area contributed by atoms with Crippen LogP contribution in [0.1, 0.15) is 62.1 Å². The molecule has 0 spiro atoms. The summed E-state index contributed by atoms with van der Waals surface area (Å²) in [5, 5.41) is 3.01. The summed E-state index contributed by atoms with van der Waals surface area (Å²) >= 11 is 0. The van der Waals surface area contributed by atoms with Gasteiger partial charge in [0.25, 0.3) is 0 Å². The van der Waals surface area contributed by atoms with Gasteiger partial charge in [-0.1, -0.05) is 56.6 Å². The van der Waals surface area contributed by atoms with Crippen molar-refractivity contribution in [3.8, 4) is 0 Å². The summed E-state index contributed by atoms with van der Waals surface area (Å²) in [5.74, 6) is 0. The second-order valence-corrected chi connectivity index (χ2v) is 6.08.